The minimum atomic E-state index is -0.161. The summed E-state index contributed by atoms with van der Waals surface area (Å²) in [6.07, 6.45) is 4.08. The maximum Gasteiger partial charge on any atom is 0.267 e. The van der Waals surface area contributed by atoms with Crippen molar-refractivity contribution in [2.45, 2.75) is 31.8 Å². The van der Waals surface area contributed by atoms with Gasteiger partial charge in [0.2, 0.25) is 5.91 Å². The molecule has 1 fully saturated rings. The third-order valence-electron chi connectivity index (χ3n) is 2.33. The van der Waals surface area contributed by atoms with Gasteiger partial charge in [0.1, 0.15) is 0 Å². The Bertz CT molecular complexity index is 454. The lowest BCUT2D eigenvalue weighted by molar-refractivity contribution is -0.121. The van der Waals surface area contributed by atoms with Gasteiger partial charge in [-0.15, -0.1) is 0 Å². The molecular weight excluding hydrogens is 321 g/mol. The quantitative estimate of drug-likeness (QED) is 0.817. The van der Waals surface area contributed by atoms with Crippen LogP contribution in [0.1, 0.15) is 19.3 Å². The molecule has 0 bridgehead atoms. The number of aromatic nitrogens is 2. The predicted molar refractivity (Wildman–Crippen MR) is 67.0 cm³/mol. The normalized spacial score (nSPS) is 14.8. The first kappa shape index (κ1) is 11.6. The van der Waals surface area contributed by atoms with Crippen LogP contribution in [-0.2, 0) is 11.3 Å². The highest BCUT2D eigenvalue weighted by molar-refractivity contribution is 14.1. The molecule has 1 amide bonds. The highest BCUT2D eigenvalue weighted by Gasteiger charge is 2.22. The zero-order valence-electron chi connectivity index (χ0n) is 8.65. The molecule has 5 nitrogen and oxygen atoms in total. The molecule has 1 aliphatic rings. The van der Waals surface area contributed by atoms with Gasteiger partial charge < -0.3 is 5.32 Å². The van der Waals surface area contributed by atoms with Crippen molar-refractivity contribution in [1.29, 1.82) is 0 Å². The standard InChI is InChI=1S/C10H12IN3O2/c11-7-5-10(16)14(12-6-7)4-3-9(15)13-8-1-2-8/h5-6,8H,1-4H2,(H,13,15). The topological polar surface area (TPSA) is 64.0 Å². The number of rotatable bonds is 4. The van der Waals surface area contributed by atoms with Crippen molar-refractivity contribution in [2.75, 3.05) is 0 Å². The van der Waals surface area contributed by atoms with Gasteiger partial charge in [0.25, 0.3) is 5.56 Å². The summed E-state index contributed by atoms with van der Waals surface area (Å²) in [5.41, 5.74) is -0.161. The summed E-state index contributed by atoms with van der Waals surface area (Å²) >= 11 is 2.03. The van der Waals surface area contributed by atoms with Crippen molar-refractivity contribution in [3.8, 4) is 0 Å². The van der Waals surface area contributed by atoms with Crippen LogP contribution in [0.15, 0.2) is 17.1 Å². The molecule has 0 saturated heterocycles. The monoisotopic (exact) mass is 333 g/mol. The first-order valence-electron chi connectivity index (χ1n) is 5.17. The van der Waals surface area contributed by atoms with Crippen LogP contribution in [0.25, 0.3) is 0 Å². The van der Waals surface area contributed by atoms with Crippen LogP contribution in [0.2, 0.25) is 0 Å². The molecule has 16 heavy (non-hydrogen) atoms. The molecule has 0 aliphatic heterocycles. The third kappa shape index (κ3) is 3.29. The van der Waals surface area contributed by atoms with Crippen LogP contribution in [-0.4, -0.2) is 21.7 Å². The van der Waals surface area contributed by atoms with Gasteiger partial charge in [0, 0.05) is 22.1 Å². The molecule has 0 spiro atoms. The molecular formula is C10H12IN3O2. The van der Waals surface area contributed by atoms with Crippen molar-refractivity contribution >= 4 is 28.5 Å². The first-order chi connectivity index (χ1) is 7.65. The van der Waals surface area contributed by atoms with E-state index < -0.39 is 0 Å². The maximum absolute atomic E-state index is 11.5. The van der Waals surface area contributed by atoms with E-state index in [0.29, 0.717) is 19.0 Å². The Hall–Kier alpha value is -0.920. The van der Waals surface area contributed by atoms with Crippen molar-refractivity contribution in [3.05, 3.63) is 26.2 Å². The molecule has 0 radical (unpaired) electrons. The predicted octanol–water partition coefficient (Wildman–Crippen LogP) is 0.517. The van der Waals surface area contributed by atoms with Crippen LogP contribution in [0, 0.1) is 3.57 Å². The van der Waals surface area contributed by atoms with Crippen molar-refractivity contribution in [3.63, 3.8) is 0 Å². The second-order valence-electron chi connectivity index (χ2n) is 3.83. The molecule has 1 aromatic rings. The first-order valence-corrected chi connectivity index (χ1v) is 6.25. The molecule has 1 aliphatic carbocycles. The van der Waals surface area contributed by atoms with Crippen LogP contribution in [0.3, 0.4) is 0 Å². The summed E-state index contributed by atoms with van der Waals surface area (Å²) in [4.78, 5) is 22.8. The molecule has 0 atom stereocenters. The lowest BCUT2D eigenvalue weighted by Crippen LogP contribution is -2.29. The highest BCUT2D eigenvalue weighted by Crippen LogP contribution is 2.18. The number of aryl methyl sites for hydroxylation is 1. The zero-order chi connectivity index (χ0) is 11.5. The number of carbonyl (C=O) groups excluding carboxylic acids is 1. The Kier molecular flexibility index (Phi) is 3.57. The van der Waals surface area contributed by atoms with E-state index >= 15 is 0 Å². The van der Waals surface area contributed by atoms with E-state index in [1.807, 2.05) is 22.6 Å². The number of hydrogen-bond acceptors (Lipinski definition) is 3. The zero-order valence-corrected chi connectivity index (χ0v) is 10.8. The van der Waals surface area contributed by atoms with E-state index in [1.54, 1.807) is 6.20 Å². The van der Waals surface area contributed by atoms with E-state index in [4.69, 9.17) is 0 Å². The fourth-order valence-electron chi connectivity index (χ4n) is 1.31. The molecule has 0 aromatic carbocycles. The molecule has 86 valence electrons. The number of halogens is 1. The third-order valence-corrected chi connectivity index (χ3v) is 2.92. The van der Waals surface area contributed by atoms with Gasteiger partial charge in [-0.05, 0) is 35.4 Å². The average molecular weight is 333 g/mol. The molecule has 6 heteroatoms. The van der Waals surface area contributed by atoms with Crippen LogP contribution in [0.5, 0.6) is 0 Å². The van der Waals surface area contributed by atoms with Gasteiger partial charge in [-0.2, -0.15) is 5.10 Å². The Morgan fingerprint density at radius 3 is 3.00 bits per heavy atom. The molecule has 1 saturated carbocycles. The molecule has 0 unspecified atom stereocenters. The second kappa shape index (κ2) is 4.94. The Morgan fingerprint density at radius 2 is 2.38 bits per heavy atom. The summed E-state index contributed by atoms with van der Waals surface area (Å²) < 4.78 is 2.12. The highest BCUT2D eigenvalue weighted by atomic mass is 127. The van der Waals surface area contributed by atoms with Gasteiger partial charge in [0.05, 0.1) is 12.7 Å². The lowest BCUT2D eigenvalue weighted by Gasteiger charge is -2.04. The molecule has 1 aromatic heterocycles. The fourth-order valence-corrected chi connectivity index (χ4v) is 1.71. The number of nitrogens with zero attached hydrogens (tertiary/aromatic N) is 2. The summed E-state index contributed by atoms with van der Waals surface area (Å²) in [7, 11) is 0. The maximum atomic E-state index is 11.5. The lowest BCUT2D eigenvalue weighted by atomic mass is 10.4. The Balaban J connectivity index is 1.88. The van der Waals surface area contributed by atoms with Crippen molar-refractivity contribution in [2.24, 2.45) is 0 Å². The summed E-state index contributed by atoms with van der Waals surface area (Å²) in [5.74, 6) is -0.00486. The average Bonchev–Trinajstić information content (AvgIpc) is 3.00. The van der Waals surface area contributed by atoms with Gasteiger partial charge in [0.15, 0.2) is 0 Å². The molecule has 1 N–H and O–H groups in total. The minimum Gasteiger partial charge on any atom is -0.353 e. The van der Waals surface area contributed by atoms with Gasteiger partial charge in [-0.25, -0.2) is 4.68 Å². The van der Waals surface area contributed by atoms with Gasteiger partial charge >= 0.3 is 0 Å². The number of amides is 1. The number of hydrogen-bond donors (Lipinski definition) is 1. The second-order valence-corrected chi connectivity index (χ2v) is 5.07. The van der Waals surface area contributed by atoms with E-state index in [2.05, 4.69) is 10.4 Å². The largest absolute Gasteiger partial charge is 0.353 e. The summed E-state index contributed by atoms with van der Waals surface area (Å²) in [5, 5.41) is 6.83. The van der Waals surface area contributed by atoms with Gasteiger partial charge in [-0.3, -0.25) is 9.59 Å². The summed E-state index contributed by atoms with van der Waals surface area (Å²) in [6, 6.07) is 1.88. The minimum absolute atomic E-state index is 0.00486. The Morgan fingerprint density at radius 1 is 1.62 bits per heavy atom. The van der Waals surface area contributed by atoms with E-state index in [9.17, 15) is 9.59 Å². The Labute approximate surface area is 106 Å². The number of nitrogens with one attached hydrogen (secondary N) is 1. The van der Waals surface area contributed by atoms with Gasteiger partial charge in [-0.1, -0.05) is 0 Å². The summed E-state index contributed by atoms with van der Waals surface area (Å²) in [6.45, 7) is 0.342. The van der Waals surface area contributed by atoms with Crippen LogP contribution < -0.4 is 10.9 Å². The molecule has 1 heterocycles. The van der Waals surface area contributed by atoms with Crippen LogP contribution in [0.4, 0.5) is 0 Å². The van der Waals surface area contributed by atoms with E-state index in [1.165, 1.54) is 10.7 Å². The van der Waals surface area contributed by atoms with E-state index in [0.717, 1.165) is 16.4 Å². The number of carbonyl (C=O) groups is 1. The van der Waals surface area contributed by atoms with Crippen LogP contribution >= 0.6 is 22.6 Å². The smallest absolute Gasteiger partial charge is 0.267 e. The molecule has 2 rings (SSSR count). The van der Waals surface area contributed by atoms with E-state index in [-0.39, 0.29) is 11.5 Å². The van der Waals surface area contributed by atoms with Crippen molar-refractivity contribution in [1.82, 2.24) is 15.1 Å². The van der Waals surface area contributed by atoms with Crippen molar-refractivity contribution < 1.29 is 4.79 Å². The SMILES string of the molecule is O=C(CCn1ncc(I)cc1=O)NC1CC1. The fraction of sp³-hybridized carbons (Fsp3) is 0.500.